The number of thiophene rings is 1. The van der Waals surface area contributed by atoms with Crippen LogP contribution in [0.5, 0.6) is 0 Å². The molecule has 0 aliphatic carbocycles. The molecule has 1 unspecified atom stereocenters. The summed E-state index contributed by atoms with van der Waals surface area (Å²) in [4.78, 5) is 7.40. The second-order valence-corrected chi connectivity index (χ2v) is 9.77. The molecule has 29 heavy (non-hydrogen) atoms. The van der Waals surface area contributed by atoms with Gasteiger partial charge in [-0.05, 0) is 19.1 Å². The summed E-state index contributed by atoms with van der Waals surface area (Å²) < 4.78 is 35.1. The van der Waals surface area contributed by atoms with Crippen molar-refractivity contribution in [3.63, 3.8) is 0 Å². The van der Waals surface area contributed by atoms with Crippen LogP contribution in [0.15, 0.2) is 33.7 Å². The highest BCUT2D eigenvalue weighted by Crippen LogP contribution is 2.22. The average molecular weight is 554 g/mol. The van der Waals surface area contributed by atoms with Crippen molar-refractivity contribution in [1.82, 2.24) is 24.7 Å². The second-order valence-electron chi connectivity index (χ2n) is 6.49. The van der Waals surface area contributed by atoms with Crippen LogP contribution in [-0.2, 0) is 21.8 Å². The van der Waals surface area contributed by atoms with Gasteiger partial charge in [-0.25, -0.2) is 13.1 Å². The number of nitrogens with zero attached hydrogens (tertiary/aromatic N) is 4. The second kappa shape index (κ2) is 10.7. The Morgan fingerprint density at radius 1 is 1.41 bits per heavy atom. The van der Waals surface area contributed by atoms with Crippen LogP contribution in [0.4, 0.5) is 0 Å². The van der Waals surface area contributed by atoms with E-state index in [1.165, 1.54) is 11.3 Å². The zero-order chi connectivity index (χ0) is 20.1. The Bertz CT molecular complexity index is 927. The molecule has 0 amide bonds. The molecule has 1 fully saturated rings. The monoisotopic (exact) mass is 554 g/mol. The van der Waals surface area contributed by atoms with Crippen molar-refractivity contribution in [3.05, 3.63) is 35.0 Å². The maximum atomic E-state index is 12.3. The van der Waals surface area contributed by atoms with Gasteiger partial charge >= 0.3 is 0 Å². The molecule has 0 spiro atoms. The van der Waals surface area contributed by atoms with Gasteiger partial charge in [0, 0.05) is 50.4 Å². The zero-order valence-corrected chi connectivity index (χ0v) is 20.6. The molecule has 1 aliphatic rings. The number of aryl methyl sites for hydroxylation is 2. The fraction of sp³-hybridized carbons (Fsp3) is 0.529. The van der Waals surface area contributed by atoms with Gasteiger partial charge < -0.3 is 15.0 Å². The van der Waals surface area contributed by atoms with Gasteiger partial charge in [-0.2, -0.15) is 5.10 Å². The summed E-state index contributed by atoms with van der Waals surface area (Å²) in [6.07, 6.45) is 3.69. The molecule has 9 nitrogen and oxygen atoms in total. The number of sulfonamides is 1. The largest absolute Gasteiger partial charge is 0.370 e. The fourth-order valence-electron chi connectivity index (χ4n) is 2.97. The van der Waals surface area contributed by atoms with Crippen LogP contribution in [0, 0.1) is 6.92 Å². The molecular weight excluding hydrogens is 527 g/mol. The minimum atomic E-state index is -3.47. The van der Waals surface area contributed by atoms with Crippen LogP contribution >= 0.6 is 35.3 Å². The maximum Gasteiger partial charge on any atom is 0.250 e. The molecule has 2 N–H and O–H groups in total. The van der Waals surface area contributed by atoms with Crippen molar-refractivity contribution in [3.8, 4) is 0 Å². The number of rotatable bonds is 6. The number of hydrogen-bond acceptors (Lipinski definition) is 6. The standard InChI is InChI=1S/C17H26N6O3S2.HI/c1-13-4-5-16(27-13)28(24,25)21-7-6-19-17(18-2)23-8-9-26-15(12-23)14-10-20-22(3)11-14;/h4-5,10-11,15,21H,6-9,12H2,1-3H3,(H,18,19);1H. The predicted octanol–water partition coefficient (Wildman–Crippen LogP) is 1.34. The summed E-state index contributed by atoms with van der Waals surface area (Å²) in [6, 6.07) is 3.43. The van der Waals surface area contributed by atoms with E-state index in [4.69, 9.17) is 4.74 Å². The van der Waals surface area contributed by atoms with E-state index in [-0.39, 0.29) is 36.6 Å². The quantitative estimate of drug-likeness (QED) is 0.242. The van der Waals surface area contributed by atoms with E-state index in [0.717, 1.165) is 22.9 Å². The molecule has 162 valence electrons. The highest BCUT2D eigenvalue weighted by Gasteiger charge is 2.25. The predicted molar refractivity (Wildman–Crippen MR) is 124 cm³/mol. The molecule has 12 heteroatoms. The van der Waals surface area contributed by atoms with E-state index < -0.39 is 10.0 Å². The molecule has 1 aliphatic heterocycles. The third-order valence-corrected chi connectivity index (χ3v) is 7.31. The number of aromatic nitrogens is 2. The molecule has 3 heterocycles. The number of halogens is 1. The van der Waals surface area contributed by atoms with Crippen molar-refractivity contribution in [1.29, 1.82) is 0 Å². The van der Waals surface area contributed by atoms with E-state index in [9.17, 15) is 8.42 Å². The zero-order valence-electron chi connectivity index (χ0n) is 16.7. The van der Waals surface area contributed by atoms with Gasteiger partial charge in [0.05, 0.1) is 19.3 Å². The molecule has 0 radical (unpaired) electrons. The van der Waals surface area contributed by atoms with Gasteiger partial charge in [0.15, 0.2) is 5.96 Å². The van der Waals surface area contributed by atoms with Crippen molar-refractivity contribution in [2.45, 2.75) is 17.2 Å². The van der Waals surface area contributed by atoms with Gasteiger partial charge in [-0.15, -0.1) is 35.3 Å². The number of nitrogens with one attached hydrogen (secondary N) is 2. The highest BCUT2D eigenvalue weighted by atomic mass is 127. The maximum absolute atomic E-state index is 12.3. The molecule has 2 aromatic rings. The minimum absolute atomic E-state index is 0. The molecule has 0 bridgehead atoms. The summed E-state index contributed by atoms with van der Waals surface area (Å²) in [7, 11) is 0.130. The molecule has 2 aromatic heterocycles. The van der Waals surface area contributed by atoms with E-state index in [1.54, 1.807) is 23.9 Å². The number of morpholine rings is 1. The Morgan fingerprint density at radius 2 is 2.21 bits per heavy atom. The van der Waals surface area contributed by atoms with Crippen LogP contribution in [-0.4, -0.2) is 68.9 Å². The normalized spacial score (nSPS) is 17.8. The molecule has 1 saturated heterocycles. The van der Waals surface area contributed by atoms with Crippen LogP contribution in [0.1, 0.15) is 16.5 Å². The third kappa shape index (κ3) is 6.38. The highest BCUT2D eigenvalue weighted by molar-refractivity contribution is 14.0. The molecule has 3 rings (SSSR count). The smallest absolute Gasteiger partial charge is 0.250 e. The van der Waals surface area contributed by atoms with E-state index in [0.29, 0.717) is 23.9 Å². The Hall–Kier alpha value is -1.22. The van der Waals surface area contributed by atoms with E-state index in [1.807, 2.05) is 26.4 Å². The molecule has 0 aromatic carbocycles. The lowest BCUT2D eigenvalue weighted by Crippen LogP contribution is -2.49. The van der Waals surface area contributed by atoms with Gasteiger partial charge in [-0.1, -0.05) is 0 Å². The van der Waals surface area contributed by atoms with Crippen LogP contribution in [0.2, 0.25) is 0 Å². The van der Waals surface area contributed by atoms with Crippen LogP contribution < -0.4 is 10.0 Å². The number of ether oxygens (including phenoxy) is 1. The summed E-state index contributed by atoms with van der Waals surface area (Å²) in [5.74, 6) is 0.725. The van der Waals surface area contributed by atoms with Gasteiger partial charge in [0.25, 0.3) is 0 Å². The Kier molecular flexibility index (Phi) is 8.88. The Labute approximate surface area is 192 Å². The average Bonchev–Trinajstić information content (AvgIpc) is 3.31. The Morgan fingerprint density at radius 3 is 2.83 bits per heavy atom. The van der Waals surface area contributed by atoms with Gasteiger partial charge in [0.2, 0.25) is 10.0 Å². The number of aliphatic imine (C=N–C) groups is 1. The van der Waals surface area contributed by atoms with Crippen molar-refractivity contribution >= 4 is 51.3 Å². The number of guanidine groups is 1. The first-order valence-corrected chi connectivity index (χ1v) is 11.3. The first kappa shape index (κ1) is 24.1. The SMILES string of the molecule is CN=C(NCCNS(=O)(=O)c1ccc(C)s1)N1CCOC(c2cnn(C)c2)C1.I. The van der Waals surface area contributed by atoms with E-state index in [2.05, 4.69) is 25.0 Å². The van der Waals surface area contributed by atoms with Crippen LogP contribution in [0.3, 0.4) is 0 Å². The number of hydrogen-bond donors (Lipinski definition) is 2. The van der Waals surface area contributed by atoms with Gasteiger partial charge in [0.1, 0.15) is 10.3 Å². The summed E-state index contributed by atoms with van der Waals surface area (Å²) >= 11 is 1.26. The minimum Gasteiger partial charge on any atom is -0.370 e. The third-order valence-electron chi connectivity index (χ3n) is 4.36. The molecular formula is C17H27IN6O3S2. The van der Waals surface area contributed by atoms with E-state index >= 15 is 0 Å². The first-order chi connectivity index (χ1) is 13.4. The lowest BCUT2D eigenvalue weighted by atomic mass is 10.1. The lowest BCUT2D eigenvalue weighted by molar-refractivity contribution is -0.00800. The van der Waals surface area contributed by atoms with Gasteiger partial charge in [-0.3, -0.25) is 9.67 Å². The van der Waals surface area contributed by atoms with Crippen LogP contribution in [0.25, 0.3) is 0 Å². The molecule has 0 saturated carbocycles. The first-order valence-electron chi connectivity index (χ1n) is 9.01. The van der Waals surface area contributed by atoms with Crippen molar-refractivity contribution in [2.75, 3.05) is 39.8 Å². The summed E-state index contributed by atoms with van der Waals surface area (Å²) in [6.45, 7) is 4.56. The summed E-state index contributed by atoms with van der Waals surface area (Å²) in [5.41, 5.74) is 1.03. The molecule has 1 atom stereocenters. The van der Waals surface area contributed by atoms with Crippen molar-refractivity contribution < 1.29 is 13.2 Å². The fourth-order valence-corrected chi connectivity index (χ4v) is 5.33. The summed E-state index contributed by atoms with van der Waals surface area (Å²) in [5, 5.41) is 7.42. The topological polar surface area (TPSA) is 101 Å². The lowest BCUT2D eigenvalue weighted by Gasteiger charge is -2.34. The Balaban J connectivity index is 0.00000300. The van der Waals surface area contributed by atoms with Crippen molar-refractivity contribution in [2.24, 2.45) is 12.0 Å².